The summed E-state index contributed by atoms with van der Waals surface area (Å²) in [6.45, 7) is 9.42. The Morgan fingerprint density at radius 1 is 0.903 bits per heavy atom. The van der Waals surface area contributed by atoms with Crippen molar-refractivity contribution in [3.05, 3.63) is 11.6 Å². The second-order valence-corrected chi connectivity index (χ2v) is 11.1. The summed E-state index contributed by atoms with van der Waals surface area (Å²) in [5.74, 6) is 1.25. The van der Waals surface area contributed by atoms with E-state index in [1.807, 2.05) is 0 Å². The predicted molar refractivity (Wildman–Crippen MR) is 117 cm³/mol. The number of hydrogen-bond donors (Lipinski definition) is 0. The van der Waals surface area contributed by atoms with Crippen LogP contribution in [0.15, 0.2) is 11.6 Å². The molecule has 8 atom stereocenters. The van der Waals surface area contributed by atoms with E-state index in [9.17, 15) is 14.4 Å². The van der Waals surface area contributed by atoms with Crippen LogP contribution in [0.3, 0.4) is 0 Å². The van der Waals surface area contributed by atoms with E-state index in [0.717, 1.165) is 44.9 Å². The largest absolute Gasteiger partial charge is 0.463 e. The van der Waals surface area contributed by atoms with Crippen LogP contribution in [0.25, 0.3) is 0 Å². The molecule has 0 N–H and O–H groups in total. The van der Waals surface area contributed by atoms with Crippen LogP contribution in [0.5, 0.6) is 0 Å². The minimum Gasteiger partial charge on any atom is -0.463 e. The standard InChI is InChI=1S/C26H38O5/c1-15(27)23-13-20(31-17(3)29)14-24-21-7-6-18-12-19(30-16(2)28)8-10-25(18,4)22(21)9-11-26(23,24)5/h6,19-24H,7-14H2,1-5H3. The van der Waals surface area contributed by atoms with Crippen LogP contribution in [0.4, 0.5) is 0 Å². The lowest BCUT2D eigenvalue weighted by Crippen LogP contribution is -2.57. The van der Waals surface area contributed by atoms with E-state index < -0.39 is 0 Å². The summed E-state index contributed by atoms with van der Waals surface area (Å²) >= 11 is 0. The highest BCUT2D eigenvalue weighted by molar-refractivity contribution is 5.79. The highest BCUT2D eigenvalue weighted by Crippen LogP contribution is 2.65. The van der Waals surface area contributed by atoms with Crippen LogP contribution in [0, 0.1) is 34.5 Å². The number of carbonyl (C=O) groups excluding carboxylic acids is 3. The molecule has 4 aliphatic carbocycles. The second-order valence-electron chi connectivity index (χ2n) is 11.1. The number of Topliss-reactive ketones (excluding diaryl/α,β-unsaturated/α-hetero) is 1. The highest BCUT2D eigenvalue weighted by Gasteiger charge is 2.59. The molecule has 0 radical (unpaired) electrons. The molecule has 0 aliphatic heterocycles. The van der Waals surface area contributed by atoms with Gasteiger partial charge >= 0.3 is 11.9 Å². The number of allylic oxidation sites excluding steroid dienone is 1. The minimum absolute atomic E-state index is 0.00681. The van der Waals surface area contributed by atoms with Gasteiger partial charge in [0.1, 0.15) is 18.0 Å². The Labute approximate surface area is 186 Å². The summed E-state index contributed by atoms with van der Waals surface area (Å²) < 4.78 is 11.2. The van der Waals surface area contributed by atoms with Gasteiger partial charge in [-0.15, -0.1) is 0 Å². The maximum absolute atomic E-state index is 12.7. The van der Waals surface area contributed by atoms with Crippen molar-refractivity contribution in [3.8, 4) is 0 Å². The number of rotatable bonds is 3. The van der Waals surface area contributed by atoms with Crippen molar-refractivity contribution in [2.75, 3.05) is 0 Å². The molecule has 31 heavy (non-hydrogen) atoms. The zero-order valence-electron chi connectivity index (χ0n) is 19.7. The van der Waals surface area contributed by atoms with Crippen LogP contribution < -0.4 is 0 Å². The van der Waals surface area contributed by atoms with Crippen molar-refractivity contribution in [1.29, 1.82) is 0 Å². The van der Waals surface area contributed by atoms with Crippen molar-refractivity contribution in [2.45, 2.75) is 98.2 Å². The average Bonchev–Trinajstić information content (AvgIpc) is 2.67. The van der Waals surface area contributed by atoms with Crippen LogP contribution in [0.2, 0.25) is 0 Å². The van der Waals surface area contributed by atoms with Gasteiger partial charge in [0.25, 0.3) is 0 Å². The van der Waals surface area contributed by atoms with Gasteiger partial charge in [-0.25, -0.2) is 0 Å². The third kappa shape index (κ3) is 3.87. The molecule has 0 saturated heterocycles. The Hall–Kier alpha value is -1.65. The van der Waals surface area contributed by atoms with E-state index in [1.54, 1.807) is 6.92 Å². The first-order chi connectivity index (χ1) is 14.5. The summed E-state index contributed by atoms with van der Waals surface area (Å²) in [7, 11) is 0. The summed E-state index contributed by atoms with van der Waals surface area (Å²) in [6.07, 6.45) is 9.85. The third-order valence-electron chi connectivity index (χ3n) is 9.46. The molecule has 0 heterocycles. The summed E-state index contributed by atoms with van der Waals surface area (Å²) in [5, 5.41) is 0. The molecule has 0 aromatic heterocycles. The Kier molecular flexibility index (Phi) is 5.85. The van der Waals surface area contributed by atoms with Crippen LogP contribution in [-0.4, -0.2) is 29.9 Å². The molecule has 0 aromatic carbocycles. The van der Waals surface area contributed by atoms with Crippen LogP contribution in [-0.2, 0) is 23.9 Å². The van der Waals surface area contributed by atoms with Gasteiger partial charge in [0, 0.05) is 26.2 Å². The zero-order chi connectivity index (χ0) is 22.6. The van der Waals surface area contributed by atoms with Gasteiger partial charge < -0.3 is 9.47 Å². The van der Waals surface area contributed by atoms with Gasteiger partial charge in [0.2, 0.25) is 0 Å². The van der Waals surface area contributed by atoms with E-state index in [4.69, 9.17) is 9.47 Å². The lowest BCUT2D eigenvalue weighted by molar-refractivity contribution is -0.168. The molecule has 0 amide bonds. The van der Waals surface area contributed by atoms with Gasteiger partial charge in [0.05, 0.1) is 0 Å². The number of ketones is 1. The van der Waals surface area contributed by atoms with Gasteiger partial charge in [0.15, 0.2) is 0 Å². The van der Waals surface area contributed by atoms with Crippen LogP contribution >= 0.6 is 0 Å². The fraction of sp³-hybridized carbons (Fsp3) is 0.808. The molecule has 8 unspecified atom stereocenters. The number of fused-ring (bicyclic) bond motifs is 5. The van der Waals surface area contributed by atoms with Gasteiger partial charge in [-0.3, -0.25) is 14.4 Å². The summed E-state index contributed by atoms with van der Waals surface area (Å²) in [5.41, 5.74) is 1.59. The average molecular weight is 431 g/mol. The van der Waals surface area contributed by atoms with E-state index in [2.05, 4.69) is 19.9 Å². The van der Waals surface area contributed by atoms with Gasteiger partial charge in [-0.05, 0) is 80.5 Å². The van der Waals surface area contributed by atoms with E-state index in [0.29, 0.717) is 24.2 Å². The molecule has 3 saturated carbocycles. The molecule has 3 fully saturated rings. The van der Waals surface area contributed by atoms with E-state index >= 15 is 0 Å². The normalized spacial score (nSPS) is 44.1. The Morgan fingerprint density at radius 2 is 1.58 bits per heavy atom. The monoisotopic (exact) mass is 430 g/mol. The maximum Gasteiger partial charge on any atom is 0.302 e. The molecular formula is C26H38O5. The van der Waals surface area contributed by atoms with Crippen molar-refractivity contribution < 1.29 is 23.9 Å². The number of esters is 2. The highest BCUT2D eigenvalue weighted by atomic mass is 16.5. The number of hydrogen-bond acceptors (Lipinski definition) is 5. The first-order valence-corrected chi connectivity index (χ1v) is 12.1. The fourth-order valence-corrected chi connectivity index (χ4v) is 8.06. The van der Waals surface area contributed by atoms with Crippen molar-refractivity contribution in [2.24, 2.45) is 34.5 Å². The Morgan fingerprint density at radius 3 is 2.23 bits per heavy atom. The molecule has 4 rings (SSSR count). The quantitative estimate of drug-likeness (QED) is 0.465. The fourth-order valence-electron chi connectivity index (χ4n) is 8.06. The molecule has 0 spiro atoms. The smallest absolute Gasteiger partial charge is 0.302 e. The number of ether oxygens (including phenoxy) is 2. The topological polar surface area (TPSA) is 69.7 Å². The molecule has 0 aromatic rings. The molecule has 5 nitrogen and oxygen atoms in total. The summed E-state index contributed by atoms with van der Waals surface area (Å²) in [4.78, 5) is 35.8. The zero-order valence-corrected chi connectivity index (χ0v) is 19.7. The predicted octanol–water partition coefficient (Wildman–Crippen LogP) is 5.02. The molecular weight excluding hydrogens is 392 g/mol. The summed E-state index contributed by atoms with van der Waals surface area (Å²) in [6, 6.07) is 0. The lowest BCUT2D eigenvalue weighted by atomic mass is 9.43. The first kappa shape index (κ1) is 22.5. The van der Waals surface area contributed by atoms with Gasteiger partial charge in [-0.1, -0.05) is 25.5 Å². The molecule has 5 heteroatoms. The van der Waals surface area contributed by atoms with E-state index in [1.165, 1.54) is 19.4 Å². The maximum atomic E-state index is 12.7. The molecule has 172 valence electrons. The first-order valence-electron chi connectivity index (χ1n) is 12.1. The molecule has 4 aliphatic rings. The Bertz CT molecular complexity index is 800. The van der Waals surface area contributed by atoms with Crippen LogP contribution in [0.1, 0.15) is 86.0 Å². The number of carbonyl (C=O) groups is 3. The Balaban J connectivity index is 1.62. The van der Waals surface area contributed by atoms with Gasteiger partial charge in [-0.2, -0.15) is 0 Å². The lowest BCUT2D eigenvalue weighted by Gasteiger charge is -2.62. The van der Waals surface area contributed by atoms with E-state index in [-0.39, 0.29) is 46.7 Å². The minimum atomic E-state index is -0.246. The second kappa shape index (κ2) is 8.04. The van der Waals surface area contributed by atoms with Crippen molar-refractivity contribution in [3.63, 3.8) is 0 Å². The SMILES string of the molecule is CC(=O)OC1CCC2(C)C(=CCC3C2CCC2(C)C(C(C)=O)CC(OC(C)=O)CC32)C1. The van der Waals surface area contributed by atoms with Crippen molar-refractivity contribution in [1.82, 2.24) is 0 Å². The molecule has 0 bridgehead atoms. The third-order valence-corrected chi connectivity index (χ3v) is 9.46. The van der Waals surface area contributed by atoms with Crippen molar-refractivity contribution >= 4 is 17.7 Å².